The van der Waals surface area contributed by atoms with Gasteiger partial charge in [-0.25, -0.2) is 8.78 Å². The first-order valence-electron chi connectivity index (χ1n) is 8.47. The molecule has 2 aromatic carbocycles. The van der Waals surface area contributed by atoms with Crippen molar-refractivity contribution in [2.75, 3.05) is 19.5 Å². The zero-order valence-electron chi connectivity index (χ0n) is 15.5. The lowest BCUT2D eigenvalue weighted by Gasteiger charge is -2.36. The Morgan fingerprint density at radius 1 is 1.25 bits per heavy atom. The third kappa shape index (κ3) is 3.68. The highest BCUT2D eigenvalue weighted by atomic mass is 32.1. The molecule has 0 saturated carbocycles. The number of methoxy groups -OCH3 is 1. The number of rotatable bonds is 4. The van der Waals surface area contributed by atoms with Crippen LogP contribution in [0.25, 0.3) is 0 Å². The monoisotopic (exact) mass is 403 g/mol. The molecule has 0 aliphatic carbocycles. The summed E-state index contributed by atoms with van der Waals surface area (Å²) in [4.78, 5) is 14.8. The summed E-state index contributed by atoms with van der Waals surface area (Å²) in [6.07, 6.45) is 0. The number of nitrogens with zero attached hydrogens (tertiary/aromatic N) is 1. The van der Waals surface area contributed by atoms with Crippen molar-refractivity contribution in [3.63, 3.8) is 0 Å². The van der Waals surface area contributed by atoms with E-state index in [9.17, 15) is 13.6 Å². The van der Waals surface area contributed by atoms with E-state index < -0.39 is 23.6 Å². The van der Waals surface area contributed by atoms with Crippen LogP contribution in [0, 0.1) is 11.6 Å². The van der Waals surface area contributed by atoms with Gasteiger partial charge in [-0.3, -0.25) is 4.79 Å². The molecule has 0 aromatic heterocycles. The maximum absolute atomic E-state index is 14.5. The number of hydrogen-bond donors (Lipinski definition) is 2. The van der Waals surface area contributed by atoms with Crippen LogP contribution in [-0.2, 0) is 4.79 Å². The van der Waals surface area contributed by atoms with Gasteiger partial charge in [-0.2, -0.15) is 0 Å². The van der Waals surface area contributed by atoms with Crippen LogP contribution in [0.2, 0.25) is 0 Å². The maximum atomic E-state index is 14.5. The predicted molar refractivity (Wildman–Crippen MR) is 107 cm³/mol. The van der Waals surface area contributed by atoms with Gasteiger partial charge in [0.05, 0.1) is 24.4 Å². The van der Waals surface area contributed by atoms with Gasteiger partial charge in [0.2, 0.25) is 0 Å². The quantitative estimate of drug-likeness (QED) is 0.762. The Balaban J connectivity index is 2.05. The van der Waals surface area contributed by atoms with Crippen molar-refractivity contribution >= 4 is 28.9 Å². The van der Waals surface area contributed by atoms with Crippen molar-refractivity contribution < 1.29 is 18.3 Å². The molecule has 1 aliphatic heterocycles. The minimum atomic E-state index is -0.862. The normalized spacial score (nSPS) is 16.7. The third-order valence-corrected chi connectivity index (χ3v) is 5.02. The standard InChI is InChI=1S/C20H19F2N3O2S/c1-11-17(19(26)23-15-6-4-5-7-16(15)27-3)18(24-20(28)25(11)2)13-9-8-12(21)10-14(13)22/h4-10,18H,1-3H3,(H,23,26)(H,24,28)/t18-/m1/s1. The van der Waals surface area contributed by atoms with Crippen molar-refractivity contribution in [2.45, 2.75) is 13.0 Å². The topological polar surface area (TPSA) is 53.6 Å². The third-order valence-electron chi connectivity index (χ3n) is 4.63. The second kappa shape index (κ2) is 7.93. The van der Waals surface area contributed by atoms with Gasteiger partial charge in [-0.05, 0) is 37.3 Å². The van der Waals surface area contributed by atoms with Crippen molar-refractivity contribution in [2.24, 2.45) is 0 Å². The summed E-state index contributed by atoms with van der Waals surface area (Å²) in [6.45, 7) is 1.72. The molecule has 0 saturated heterocycles. The number of hydrogen-bond acceptors (Lipinski definition) is 3. The molecule has 0 unspecified atom stereocenters. The molecule has 1 atom stereocenters. The lowest BCUT2D eigenvalue weighted by molar-refractivity contribution is -0.113. The second-order valence-corrected chi connectivity index (χ2v) is 6.65. The Morgan fingerprint density at radius 2 is 1.96 bits per heavy atom. The minimum absolute atomic E-state index is 0.126. The Hall–Kier alpha value is -3.00. The van der Waals surface area contributed by atoms with Crippen molar-refractivity contribution in [3.8, 4) is 5.75 Å². The number of carbonyl (C=O) groups excluding carboxylic acids is 1. The predicted octanol–water partition coefficient (Wildman–Crippen LogP) is 3.75. The van der Waals surface area contributed by atoms with Gasteiger partial charge in [0.15, 0.2) is 5.11 Å². The molecule has 0 bridgehead atoms. The fraction of sp³-hybridized carbons (Fsp3) is 0.200. The van der Waals surface area contributed by atoms with E-state index in [2.05, 4.69) is 10.6 Å². The summed E-state index contributed by atoms with van der Waals surface area (Å²) in [7, 11) is 3.21. The van der Waals surface area contributed by atoms with Gasteiger partial charge in [0.1, 0.15) is 17.4 Å². The average molecular weight is 403 g/mol. The number of carbonyl (C=O) groups is 1. The number of benzene rings is 2. The van der Waals surface area contributed by atoms with E-state index in [0.717, 1.165) is 12.1 Å². The fourth-order valence-corrected chi connectivity index (χ4v) is 3.29. The van der Waals surface area contributed by atoms with Crippen LogP contribution in [0.3, 0.4) is 0 Å². The Bertz CT molecular complexity index is 978. The largest absolute Gasteiger partial charge is 0.495 e. The summed E-state index contributed by atoms with van der Waals surface area (Å²) in [5.74, 6) is -1.42. The summed E-state index contributed by atoms with van der Waals surface area (Å²) < 4.78 is 33.1. The van der Waals surface area contributed by atoms with Gasteiger partial charge in [0.25, 0.3) is 5.91 Å². The molecule has 0 radical (unpaired) electrons. The number of halogens is 2. The highest BCUT2D eigenvalue weighted by molar-refractivity contribution is 7.80. The van der Waals surface area contributed by atoms with Crippen LogP contribution in [0.4, 0.5) is 14.5 Å². The molecule has 1 heterocycles. The average Bonchev–Trinajstić information content (AvgIpc) is 2.66. The first-order chi connectivity index (χ1) is 13.3. The van der Waals surface area contributed by atoms with Crippen molar-refractivity contribution in [1.29, 1.82) is 0 Å². The van der Waals surface area contributed by atoms with E-state index in [-0.39, 0.29) is 11.1 Å². The number of ether oxygens (including phenoxy) is 1. The SMILES string of the molecule is COc1ccccc1NC(=O)C1=C(C)N(C)C(=S)N[C@@H]1c1ccc(F)cc1F. The lowest BCUT2D eigenvalue weighted by atomic mass is 9.94. The number of para-hydroxylation sites is 2. The van der Waals surface area contributed by atoms with E-state index in [4.69, 9.17) is 17.0 Å². The summed E-state index contributed by atoms with van der Waals surface area (Å²) in [6, 6.07) is 9.33. The van der Waals surface area contributed by atoms with Crippen LogP contribution in [0.15, 0.2) is 53.7 Å². The molecule has 1 aliphatic rings. The van der Waals surface area contributed by atoms with Gasteiger partial charge >= 0.3 is 0 Å². The summed E-state index contributed by atoms with van der Waals surface area (Å²) in [5, 5.41) is 6.10. The molecule has 8 heteroatoms. The number of allylic oxidation sites excluding steroid dienone is 1. The first-order valence-corrected chi connectivity index (χ1v) is 8.88. The van der Waals surface area contributed by atoms with Gasteiger partial charge in [-0.1, -0.05) is 18.2 Å². The molecule has 146 valence electrons. The zero-order chi connectivity index (χ0) is 20.4. The highest BCUT2D eigenvalue weighted by Gasteiger charge is 2.34. The molecule has 0 fully saturated rings. The minimum Gasteiger partial charge on any atom is -0.495 e. The van der Waals surface area contributed by atoms with Crippen molar-refractivity contribution in [3.05, 3.63) is 70.9 Å². The molecular formula is C20H19F2N3O2S. The van der Waals surface area contributed by atoms with Gasteiger partial charge in [0, 0.05) is 24.4 Å². The number of amides is 1. The molecular weight excluding hydrogens is 384 g/mol. The van der Waals surface area contributed by atoms with Crippen LogP contribution in [0.5, 0.6) is 5.75 Å². The molecule has 1 amide bonds. The van der Waals surface area contributed by atoms with Crippen LogP contribution in [0.1, 0.15) is 18.5 Å². The smallest absolute Gasteiger partial charge is 0.255 e. The molecule has 28 heavy (non-hydrogen) atoms. The van der Waals surface area contributed by atoms with E-state index >= 15 is 0 Å². The van der Waals surface area contributed by atoms with E-state index in [1.165, 1.54) is 13.2 Å². The number of anilines is 1. The van der Waals surface area contributed by atoms with Crippen LogP contribution < -0.4 is 15.4 Å². The molecule has 5 nitrogen and oxygen atoms in total. The van der Waals surface area contributed by atoms with Crippen LogP contribution >= 0.6 is 12.2 Å². The first kappa shape index (κ1) is 19.8. The van der Waals surface area contributed by atoms with E-state index in [1.54, 1.807) is 43.1 Å². The number of thiocarbonyl (C=S) groups is 1. The van der Waals surface area contributed by atoms with E-state index in [0.29, 0.717) is 22.2 Å². The zero-order valence-corrected chi connectivity index (χ0v) is 16.4. The molecule has 2 aromatic rings. The fourth-order valence-electron chi connectivity index (χ4n) is 3.04. The molecule has 2 N–H and O–H groups in total. The van der Waals surface area contributed by atoms with Crippen molar-refractivity contribution in [1.82, 2.24) is 10.2 Å². The second-order valence-electron chi connectivity index (χ2n) is 6.26. The summed E-state index contributed by atoms with van der Waals surface area (Å²) >= 11 is 5.29. The van der Waals surface area contributed by atoms with E-state index in [1.807, 2.05) is 0 Å². The molecule has 0 spiro atoms. The lowest BCUT2D eigenvalue weighted by Crippen LogP contribution is -2.46. The Morgan fingerprint density at radius 3 is 2.64 bits per heavy atom. The number of nitrogens with one attached hydrogen (secondary N) is 2. The Kier molecular flexibility index (Phi) is 5.60. The van der Waals surface area contributed by atoms with Gasteiger partial charge < -0.3 is 20.3 Å². The Labute approximate surface area is 167 Å². The van der Waals surface area contributed by atoms with Crippen LogP contribution in [-0.4, -0.2) is 30.1 Å². The van der Waals surface area contributed by atoms with Gasteiger partial charge in [-0.15, -0.1) is 0 Å². The summed E-state index contributed by atoms with van der Waals surface area (Å²) in [5.41, 5.74) is 1.43. The highest BCUT2D eigenvalue weighted by Crippen LogP contribution is 2.33. The molecule has 3 rings (SSSR count). The maximum Gasteiger partial charge on any atom is 0.255 e.